The van der Waals surface area contributed by atoms with Crippen LogP contribution in [0.2, 0.25) is 0 Å². The summed E-state index contributed by atoms with van der Waals surface area (Å²) in [7, 11) is 0. The molecule has 3 atom stereocenters. The lowest BCUT2D eigenvalue weighted by molar-refractivity contribution is 0.127. The third kappa shape index (κ3) is 9.70. The molecular weight excluding hydrogens is 427 g/mol. The molecule has 0 aliphatic carbocycles. The average molecular weight is 469 g/mol. The molecule has 0 spiro atoms. The highest BCUT2D eigenvalue weighted by Gasteiger charge is 2.19. The quantitative estimate of drug-likeness (QED) is 0.137. The average Bonchev–Trinajstić information content (AvgIpc) is 3.17. The fourth-order valence-electron chi connectivity index (χ4n) is 3.86. The highest BCUT2D eigenvalue weighted by atomic mass is 32.2. The number of nitrogens with two attached hydrogens (primary N) is 1. The Bertz CT molecular complexity index is 713. The Morgan fingerprint density at radius 2 is 2.28 bits per heavy atom. The number of nitrogens with one attached hydrogen (secondary N) is 2. The number of rotatable bonds is 15. The van der Waals surface area contributed by atoms with Crippen molar-refractivity contribution in [3.05, 3.63) is 29.9 Å². The third-order valence-corrected chi connectivity index (χ3v) is 6.66. The maximum Gasteiger partial charge on any atom is 0.123 e. The number of fused-ring (bicyclic) bond motifs is 1. The SMILES string of the molecule is CCCc1cnc2n1CCN(CCC(=N)SCCC(O)NC[C@H](C)CC(F)/C=C\CN)C2. The van der Waals surface area contributed by atoms with Gasteiger partial charge < -0.3 is 15.4 Å². The number of aryl methyl sites for hydroxylation is 1. The van der Waals surface area contributed by atoms with E-state index in [9.17, 15) is 9.50 Å². The third-order valence-electron chi connectivity index (χ3n) is 5.67. The first-order chi connectivity index (χ1) is 15.4. The normalized spacial score (nSPS) is 17.4. The number of hydrogen-bond acceptors (Lipinski definition) is 7. The van der Waals surface area contributed by atoms with Gasteiger partial charge in [0.2, 0.25) is 0 Å². The molecule has 0 saturated heterocycles. The molecule has 32 heavy (non-hydrogen) atoms. The zero-order valence-corrected chi connectivity index (χ0v) is 20.4. The van der Waals surface area contributed by atoms with Crippen LogP contribution in [0.3, 0.4) is 0 Å². The van der Waals surface area contributed by atoms with Crippen molar-refractivity contribution in [2.24, 2.45) is 11.7 Å². The molecule has 0 aromatic carbocycles. The summed E-state index contributed by atoms with van der Waals surface area (Å²) in [5.74, 6) is 1.94. The highest BCUT2D eigenvalue weighted by Crippen LogP contribution is 2.17. The molecule has 182 valence electrons. The number of hydrogen-bond donors (Lipinski definition) is 4. The molecule has 9 heteroatoms. The van der Waals surface area contributed by atoms with Crippen LogP contribution in [-0.4, -0.2) is 68.9 Å². The monoisotopic (exact) mass is 468 g/mol. The summed E-state index contributed by atoms with van der Waals surface area (Å²) in [5.41, 5.74) is 6.67. The van der Waals surface area contributed by atoms with E-state index in [0.29, 0.717) is 36.7 Å². The molecule has 0 fully saturated rings. The minimum absolute atomic E-state index is 0.117. The van der Waals surface area contributed by atoms with Gasteiger partial charge in [-0.1, -0.05) is 32.4 Å². The van der Waals surface area contributed by atoms with Gasteiger partial charge in [-0.3, -0.25) is 15.6 Å². The number of aliphatic hydroxyl groups excluding tert-OH is 1. The lowest BCUT2D eigenvalue weighted by Crippen LogP contribution is -2.35. The Morgan fingerprint density at radius 1 is 1.47 bits per heavy atom. The van der Waals surface area contributed by atoms with Crippen LogP contribution >= 0.6 is 11.8 Å². The molecular formula is C23H41FN6OS. The molecule has 2 unspecified atom stereocenters. The van der Waals surface area contributed by atoms with Crippen LogP contribution in [0.1, 0.15) is 51.0 Å². The van der Waals surface area contributed by atoms with E-state index in [1.165, 1.54) is 23.5 Å². The number of imidazole rings is 1. The van der Waals surface area contributed by atoms with E-state index < -0.39 is 12.4 Å². The second-order valence-electron chi connectivity index (χ2n) is 8.60. The van der Waals surface area contributed by atoms with E-state index in [2.05, 4.69) is 26.7 Å². The van der Waals surface area contributed by atoms with E-state index in [1.807, 2.05) is 13.1 Å². The van der Waals surface area contributed by atoms with Crippen LogP contribution in [0.5, 0.6) is 0 Å². The summed E-state index contributed by atoms with van der Waals surface area (Å²) in [6.45, 7) is 8.76. The standard InChI is InChI=1S/C23H41FN6OS/c1-3-5-20-16-27-22-17-29(11-12-30(20)22)10-7-21(26)32-13-8-23(31)28-15-18(2)14-19(24)6-4-9-25/h4,6,16,18-19,23,26,28,31H,3,5,7-15,17,25H2,1-2H3/b6-4-,26-21?/t18-,19?,23?/m1/s1. The largest absolute Gasteiger partial charge is 0.379 e. The summed E-state index contributed by atoms with van der Waals surface area (Å²) in [5, 5.41) is 22.0. The van der Waals surface area contributed by atoms with E-state index >= 15 is 0 Å². The van der Waals surface area contributed by atoms with Crippen LogP contribution in [0.15, 0.2) is 18.3 Å². The predicted octanol–water partition coefficient (Wildman–Crippen LogP) is 2.93. The van der Waals surface area contributed by atoms with Crippen LogP contribution in [0.25, 0.3) is 0 Å². The van der Waals surface area contributed by atoms with Crippen molar-refractivity contribution in [2.75, 3.05) is 31.9 Å². The second-order valence-corrected chi connectivity index (χ2v) is 9.79. The fourth-order valence-corrected chi connectivity index (χ4v) is 4.68. The molecule has 0 amide bonds. The first-order valence-corrected chi connectivity index (χ1v) is 12.8. The van der Waals surface area contributed by atoms with Gasteiger partial charge in [-0.2, -0.15) is 0 Å². The Morgan fingerprint density at radius 3 is 3.03 bits per heavy atom. The van der Waals surface area contributed by atoms with Crippen molar-refractivity contribution in [2.45, 2.75) is 71.4 Å². The maximum atomic E-state index is 13.7. The fraction of sp³-hybridized carbons (Fsp3) is 0.739. The summed E-state index contributed by atoms with van der Waals surface area (Å²) in [6, 6.07) is 0. The molecule has 7 nitrogen and oxygen atoms in total. The number of halogens is 1. The van der Waals surface area contributed by atoms with Gasteiger partial charge in [-0.05, 0) is 25.2 Å². The first-order valence-electron chi connectivity index (χ1n) is 11.8. The predicted molar refractivity (Wildman–Crippen MR) is 132 cm³/mol. The lowest BCUT2D eigenvalue weighted by atomic mass is 10.0. The highest BCUT2D eigenvalue weighted by molar-refractivity contribution is 8.13. The minimum atomic E-state index is -0.998. The summed E-state index contributed by atoms with van der Waals surface area (Å²) in [6.07, 6.45) is 7.42. The molecule has 1 aromatic heterocycles. The molecule has 2 heterocycles. The maximum absolute atomic E-state index is 13.7. The van der Waals surface area contributed by atoms with E-state index in [-0.39, 0.29) is 5.92 Å². The number of alkyl halides is 1. The van der Waals surface area contributed by atoms with E-state index in [4.69, 9.17) is 11.1 Å². The zero-order chi connectivity index (χ0) is 23.3. The van der Waals surface area contributed by atoms with Gasteiger partial charge in [0.25, 0.3) is 0 Å². The Kier molecular flexibility index (Phi) is 12.5. The van der Waals surface area contributed by atoms with Crippen LogP contribution in [0, 0.1) is 11.3 Å². The Hall–Kier alpha value is -1.26. The van der Waals surface area contributed by atoms with Gasteiger partial charge in [0, 0.05) is 56.8 Å². The minimum Gasteiger partial charge on any atom is -0.379 e. The van der Waals surface area contributed by atoms with Gasteiger partial charge >= 0.3 is 0 Å². The smallest absolute Gasteiger partial charge is 0.123 e. The number of allylic oxidation sites excluding steroid dienone is 1. The second kappa shape index (κ2) is 14.8. The molecule has 1 aliphatic heterocycles. The Labute approximate surface area is 196 Å². The van der Waals surface area contributed by atoms with Crippen molar-refractivity contribution in [1.29, 1.82) is 5.41 Å². The molecule has 1 aliphatic rings. The molecule has 0 saturated carbocycles. The molecule has 1 aromatic rings. The van der Waals surface area contributed by atoms with Gasteiger partial charge in [0.1, 0.15) is 18.2 Å². The van der Waals surface area contributed by atoms with Crippen LogP contribution in [0.4, 0.5) is 4.39 Å². The van der Waals surface area contributed by atoms with E-state index in [1.54, 1.807) is 6.08 Å². The van der Waals surface area contributed by atoms with Gasteiger partial charge in [-0.15, -0.1) is 11.8 Å². The molecule has 0 radical (unpaired) electrons. The number of thioether (sulfide) groups is 1. The molecule has 2 rings (SSSR count). The summed E-state index contributed by atoms with van der Waals surface area (Å²) in [4.78, 5) is 6.95. The summed E-state index contributed by atoms with van der Waals surface area (Å²) >= 11 is 1.50. The summed E-state index contributed by atoms with van der Waals surface area (Å²) < 4.78 is 16.0. The lowest BCUT2D eigenvalue weighted by Gasteiger charge is -2.28. The van der Waals surface area contributed by atoms with Crippen molar-refractivity contribution < 1.29 is 9.50 Å². The van der Waals surface area contributed by atoms with Gasteiger partial charge in [0.15, 0.2) is 0 Å². The van der Waals surface area contributed by atoms with Crippen molar-refractivity contribution in [3.8, 4) is 0 Å². The Balaban J connectivity index is 1.56. The number of nitrogens with zero attached hydrogens (tertiary/aromatic N) is 3. The van der Waals surface area contributed by atoms with Crippen molar-refractivity contribution in [1.82, 2.24) is 19.8 Å². The number of aliphatic hydroxyl groups is 1. The van der Waals surface area contributed by atoms with E-state index in [0.717, 1.165) is 51.3 Å². The van der Waals surface area contributed by atoms with Gasteiger partial charge in [0.05, 0.1) is 11.6 Å². The first kappa shape index (κ1) is 27.0. The topological polar surface area (TPSA) is 103 Å². The molecule has 5 N–H and O–H groups in total. The molecule has 0 bridgehead atoms. The zero-order valence-electron chi connectivity index (χ0n) is 19.6. The van der Waals surface area contributed by atoms with Crippen LogP contribution in [-0.2, 0) is 19.5 Å². The van der Waals surface area contributed by atoms with Crippen molar-refractivity contribution >= 4 is 16.8 Å². The number of aromatic nitrogens is 2. The van der Waals surface area contributed by atoms with Gasteiger partial charge in [-0.25, -0.2) is 9.37 Å². The van der Waals surface area contributed by atoms with Crippen LogP contribution < -0.4 is 11.1 Å². The van der Waals surface area contributed by atoms with Crippen molar-refractivity contribution in [3.63, 3.8) is 0 Å².